The number of rotatable bonds is 5. The van der Waals surface area contributed by atoms with Crippen LogP contribution in [0.25, 0.3) is 11.5 Å². The minimum absolute atomic E-state index is 0.0931. The average Bonchev–Trinajstić information content (AvgIpc) is 3.18. The third-order valence-corrected chi connectivity index (χ3v) is 4.88. The van der Waals surface area contributed by atoms with Gasteiger partial charge in [-0.15, -0.1) is 10.2 Å². The van der Waals surface area contributed by atoms with Crippen molar-refractivity contribution in [3.8, 4) is 11.5 Å². The van der Waals surface area contributed by atoms with Crippen LogP contribution in [0.3, 0.4) is 0 Å². The molecule has 1 aliphatic carbocycles. The Morgan fingerprint density at radius 3 is 2.70 bits per heavy atom. The second-order valence-electron chi connectivity index (χ2n) is 6.95. The molecule has 27 heavy (non-hydrogen) atoms. The number of hydrogen-bond donors (Lipinski definition) is 0. The molecule has 1 aromatic carbocycles. The highest BCUT2D eigenvalue weighted by Gasteiger charge is 2.46. The molecule has 0 saturated heterocycles. The number of carbonyl (C=O) groups is 1. The van der Waals surface area contributed by atoms with Crippen molar-refractivity contribution in [1.29, 1.82) is 0 Å². The first kappa shape index (κ1) is 17.9. The third-order valence-electron chi connectivity index (χ3n) is 4.88. The van der Waals surface area contributed by atoms with Gasteiger partial charge in [-0.3, -0.25) is 9.80 Å². The van der Waals surface area contributed by atoms with E-state index in [0.717, 1.165) is 5.56 Å². The molecule has 4 rings (SSSR count). The van der Waals surface area contributed by atoms with Gasteiger partial charge in [-0.1, -0.05) is 6.07 Å². The molecule has 2 aliphatic rings. The van der Waals surface area contributed by atoms with Crippen LogP contribution in [0.2, 0.25) is 0 Å². The van der Waals surface area contributed by atoms with E-state index in [2.05, 4.69) is 10.2 Å². The SMILES string of the molecule is CN(CC1CC(F)(F)C1)N1Cc2ccc(-c3nnc(C(F)F)o3)cc2C1=O. The lowest BCUT2D eigenvalue weighted by molar-refractivity contribution is -0.126. The number of hydrogen-bond acceptors (Lipinski definition) is 5. The van der Waals surface area contributed by atoms with Crippen molar-refractivity contribution in [2.75, 3.05) is 13.6 Å². The highest BCUT2D eigenvalue weighted by Crippen LogP contribution is 2.43. The minimum Gasteiger partial charge on any atom is -0.415 e. The molecule has 1 aromatic heterocycles. The summed E-state index contributed by atoms with van der Waals surface area (Å²) in [5.74, 6) is -3.91. The molecule has 1 fully saturated rings. The molecule has 2 aromatic rings. The lowest BCUT2D eigenvalue weighted by Crippen LogP contribution is -2.47. The monoisotopic (exact) mass is 384 g/mol. The molecule has 144 valence electrons. The molecule has 0 unspecified atom stereocenters. The van der Waals surface area contributed by atoms with Gasteiger partial charge in [0.15, 0.2) is 0 Å². The van der Waals surface area contributed by atoms with E-state index >= 15 is 0 Å². The first-order valence-corrected chi connectivity index (χ1v) is 8.39. The lowest BCUT2D eigenvalue weighted by atomic mass is 9.81. The van der Waals surface area contributed by atoms with E-state index in [1.165, 1.54) is 11.1 Å². The summed E-state index contributed by atoms with van der Waals surface area (Å²) in [5, 5.41) is 10.0. The number of hydrazine groups is 1. The maximum atomic E-state index is 13.0. The third kappa shape index (κ3) is 3.29. The van der Waals surface area contributed by atoms with E-state index in [-0.39, 0.29) is 30.6 Å². The standard InChI is InChI=1S/C17H16F4N4O2/c1-24(7-9-5-17(20,21)6-9)25-8-11-3-2-10(4-12(11)16(25)26)14-22-23-15(27-14)13(18)19/h2-4,9,13H,5-8H2,1H3. The number of aromatic nitrogens is 2. The normalized spacial score (nSPS) is 19.1. The second-order valence-corrected chi connectivity index (χ2v) is 6.95. The van der Waals surface area contributed by atoms with Crippen LogP contribution in [0.4, 0.5) is 17.6 Å². The summed E-state index contributed by atoms with van der Waals surface area (Å²) in [7, 11) is 1.69. The Morgan fingerprint density at radius 1 is 1.33 bits per heavy atom. The van der Waals surface area contributed by atoms with Crippen LogP contribution in [0.5, 0.6) is 0 Å². The zero-order valence-corrected chi connectivity index (χ0v) is 14.3. The smallest absolute Gasteiger partial charge is 0.314 e. The summed E-state index contributed by atoms with van der Waals surface area (Å²) in [4.78, 5) is 12.7. The van der Waals surface area contributed by atoms with Gasteiger partial charge in [-0.2, -0.15) is 8.78 Å². The topological polar surface area (TPSA) is 62.5 Å². The van der Waals surface area contributed by atoms with E-state index in [1.807, 2.05) is 0 Å². The molecular formula is C17H16F4N4O2. The Hall–Kier alpha value is -2.49. The highest BCUT2D eigenvalue weighted by molar-refractivity contribution is 5.99. The predicted molar refractivity (Wildman–Crippen MR) is 84.9 cm³/mol. The molecule has 10 heteroatoms. The molecule has 0 N–H and O–H groups in total. The highest BCUT2D eigenvalue weighted by atomic mass is 19.3. The van der Waals surface area contributed by atoms with Crippen LogP contribution in [0.1, 0.15) is 41.1 Å². The largest absolute Gasteiger partial charge is 0.415 e. The number of nitrogens with zero attached hydrogens (tertiary/aromatic N) is 4. The fourth-order valence-electron chi connectivity index (χ4n) is 3.52. The van der Waals surface area contributed by atoms with E-state index < -0.39 is 18.2 Å². The van der Waals surface area contributed by atoms with Gasteiger partial charge in [0.1, 0.15) is 0 Å². The molecular weight excluding hydrogens is 368 g/mol. The van der Waals surface area contributed by atoms with Crippen molar-refractivity contribution < 1.29 is 26.8 Å². The number of amides is 1. The summed E-state index contributed by atoms with van der Waals surface area (Å²) in [5.41, 5.74) is 1.52. The molecule has 0 spiro atoms. The molecule has 2 heterocycles. The lowest BCUT2D eigenvalue weighted by Gasteiger charge is -2.39. The van der Waals surface area contributed by atoms with E-state index in [4.69, 9.17) is 4.42 Å². The molecule has 0 bridgehead atoms. The van der Waals surface area contributed by atoms with Crippen LogP contribution in [-0.2, 0) is 6.54 Å². The van der Waals surface area contributed by atoms with Crippen molar-refractivity contribution in [2.24, 2.45) is 5.92 Å². The number of alkyl halides is 4. The van der Waals surface area contributed by atoms with Gasteiger partial charge in [0.2, 0.25) is 11.8 Å². The zero-order chi connectivity index (χ0) is 19.3. The van der Waals surface area contributed by atoms with Crippen molar-refractivity contribution in [3.05, 3.63) is 35.2 Å². The Bertz CT molecular complexity index is 878. The molecule has 6 nitrogen and oxygen atoms in total. The summed E-state index contributed by atoms with van der Waals surface area (Å²) in [6, 6.07) is 4.83. The maximum Gasteiger partial charge on any atom is 0.314 e. The zero-order valence-electron chi connectivity index (χ0n) is 14.3. The van der Waals surface area contributed by atoms with Crippen LogP contribution in [0.15, 0.2) is 22.6 Å². The van der Waals surface area contributed by atoms with Crippen LogP contribution in [-0.4, -0.2) is 45.6 Å². The number of fused-ring (bicyclic) bond motifs is 1. The quantitative estimate of drug-likeness (QED) is 0.738. The second kappa shape index (κ2) is 6.29. The Kier molecular flexibility index (Phi) is 4.17. The number of halogens is 4. The molecule has 0 radical (unpaired) electrons. The maximum absolute atomic E-state index is 13.0. The number of benzene rings is 1. The first-order chi connectivity index (χ1) is 12.7. The Labute approximate surface area is 151 Å². The summed E-state index contributed by atoms with van der Waals surface area (Å²) >= 11 is 0. The van der Waals surface area contributed by atoms with Crippen molar-refractivity contribution in [1.82, 2.24) is 20.2 Å². The van der Waals surface area contributed by atoms with Gasteiger partial charge >= 0.3 is 6.43 Å². The van der Waals surface area contributed by atoms with E-state index in [1.54, 1.807) is 24.2 Å². The van der Waals surface area contributed by atoms with Gasteiger partial charge in [-0.05, 0) is 23.6 Å². The Morgan fingerprint density at radius 2 is 2.07 bits per heavy atom. The van der Waals surface area contributed by atoms with Gasteiger partial charge in [0.05, 0.1) is 6.54 Å². The van der Waals surface area contributed by atoms with E-state index in [9.17, 15) is 22.4 Å². The van der Waals surface area contributed by atoms with Crippen LogP contribution < -0.4 is 0 Å². The molecule has 1 amide bonds. The average molecular weight is 384 g/mol. The molecule has 0 atom stereocenters. The summed E-state index contributed by atoms with van der Waals surface area (Å²) < 4.78 is 56.1. The summed E-state index contributed by atoms with van der Waals surface area (Å²) in [6.45, 7) is 0.684. The summed E-state index contributed by atoms with van der Waals surface area (Å²) in [6.07, 6.45) is -3.20. The number of carbonyl (C=O) groups excluding carboxylic acids is 1. The van der Waals surface area contributed by atoms with E-state index in [0.29, 0.717) is 24.2 Å². The van der Waals surface area contributed by atoms with Crippen LogP contribution >= 0.6 is 0 Å². The fraction of sp³-hybridized carbons (Fsp3) is 0.471. The van der Waals surface area contributed by atoms with Gasteiger partial charge in [-0.25, -0.2) is 13.8 Å². The Balaban J connectivity index is 1.49. The van der Waals surface area contributed by atoms with Gasteiger partial charge in [0.25, 0.3) is 11.8 Å². The van der Waals surface area contributed by atoms with Gasteiger partial charge < -0.3 is 4.42 Å². The predicted octanol–water partition coefficient (Wildman–Crippen LogP) is 3.52. The van der Waals surface area contributed by atoms with Crippen molar-refractivity contribution in [3.63, 3.8) is 0 Å². The molecule has 1 aliphatic heterocycles. The van der Waals surface area contributed by atoms with Crippen molar-refractivity contribution in [2.45, 2.75) is 31.7 Å². The van der Waals surface area contributed by atoms with Crippen LogP contribution in [0, 0.1) is 5.92 Å². The first-order valence-electron chi connectivity index (χ1n) is 8.39. The molecule has 1 saturated carbocycles. The fourth-order valence-corrected chi connectivity index (χ4v) is 3.52. The minimum atomic E-state index is -2.87. The van der Waals surface area contributed by atoms with Crippen molar-refractivity contribution >= 4 is 5.91 Å². The van der Waals surface area contributed by atoms with Gasteiger partial charge in [0, 0.05) is 37.6 Å².